The second-order valence-electron chi connectivity index (χ2n) is 8.46. The van der Waals surface area contributed by atoms with Crippen molar-refractivity contribution in [3.8, 4) is 11.3 Å². The Balaban J connectivity index is 1.40. The van der Waals surface area contributed by atoms with Gasteiger partial charge in [0.15, 0.2) is 5.11 Å². The summed E-state index contributed by atoms with van der Waals surface area (Å²) in [4.78, 5) is 19.1. The number of carbonyl (C=O) groups excluding carboxylic acids is 1. The number of hydrogen-bond acceptors (Lipinski definition) is 4. The fourth-order valence-electron chi connectivity index (χ4n) is 4.25. The molecule has 0 saturated carbocycles. The molecule has 1 fully saturated rings. The van der Waals surface area contributed by atoms with Crippen LogP contribution in [-0.2, 0) is 4.79 Å². The Morgan fingerprint density at radius 1 is 1.08 bits per heavy atom. The van der Waals surface area contributed by atoms with E-state index in [2.05, 4.69) is 15.6 Å². The van der Waals surface area contributed by atoms with Gasteiger partial charge in [-0.2, -0.15) is 0 Å². The van der Waals surface area contributed by atoms with Crippen LogP contribution in [0.4, 0.5) is 10.1 Å². The Bertz CT molecular complexity index is 1430. The smallest absolute Gasteiger partial charge is 0.226 e. The molecule has 0 aliphatic carbocycles. The first-order valence-electron chi connectivity index (χ1n) is 11.5. The van der Waals surface area contributed by atoms with Gasteiger partial charge in [-0.3, -0.25) is 9.78 Å². The molecule has 2 aromatic carbocycles. The molecule has 10 heteroatoms. The highest BCUT2D eigenvalue weighted by molar-refractivity contribution is 7.80. The van der Waals surface area contributed by atoms with Gasteiger partial charge in [-0.1, -0.05) is 29.3 Å². The number of furan rings is 1. The van der Waals surface area contributed by atoms with Crippen molar-refractivity contribution in [1.82, 2.24) is 15.2 Å². The van der Waals surface area contributed by atoms with Gasteiger partial charge in [-0.25, -0.2) is 4.39 Å². The summed E-state index contributed by atoms with van der Waals surface area (Å²) in [5.74, 6) is 0.696. The summed E-state index contributed by atoms with van der Waals surface area (Å²) in [6.07, 6.45) is 1.88. The molecule has 0 bridgehead atoms. The van der Waals surface area contributed by atoms with Crippen molar-refractivity contribution < 1.29 is 13.6 Å². The molecule has 1 aliphatic rings. The molecule has 2 aromatic heterocycles. The maximum absolute atomic E-state index is 13.2. The van der Waals surface area contributed by atoms with E-state index in [1.165, 1.54) is 24.3 Å². The number of thiocarbonyl (C=S) groups is 1. The van der Waals surface area contributed by atoms with Crippen LogP contribution < -0.4 is 10.6 Å². The van der Waals surface area contributed by atoms with Crippen LogP contribution in [-0.4, -0.2) is 27.4 Å². The molecule has 188 valence electrons. The number of hydrogen-bond donors (Lipinski definition) is 2. The largest absolute Gasteiger partial charge is 0.459 e. The second kappa shape index (κ2) is 10.9. The molecule has 5 rings (SSSR count). The molecule has 1 aliphatic heterocycles. The van der Waals surface area contributed by atoms with Gasteiger partial charge in [0.25, 0.3) is 0 Å². The van der Waals surface area contributed by atoms with Gasteiger partial charge in [0.05, 0.1) is 21.8 Å². The fraction of sp³-hybridized carbons (Fsp3) is 0.148. The van der Waals surface area contributed by atoms with Crippen LogP contribution in [0.1, 0.15) is 30.0 Å². The Morgan fingerprint density at radius 3 is 2.62 bits per heavy atom. The second-order valence-corrected chi connectivity index (χ2v) is 9.66. The average Bonchev–Trinajstić information content (AvgIpc) is 3.51. The summed E-state index contributed by atoms with van der Waals surface area (Å²) in [7, 11) is 0. The molecule has 37 heavy (non-hydrogen) atoms. The van der Waals surface area contributed by atoms with Crippen LogP contribution in [0.5, 0.6) is 0 Å². The number of benzene rings is 2. The number of halogens is 3. The number of aromatic nitrogens is 1. The molecule has 4 aromatic rings. The summed E-state index contributed by atoms with van der Waals surface area (Å²) in [6.45, 7) is 0.329. The highest BCUT2D eigenvalue weighted by atomic mass is 35.5. The Labute approximate surface area is 228 Å². The molecular formula is C27H21Cl2FN4O2S. The number of carbonyl (C=O) groups is 1. The van der Waals surface area contributed by atoms with Crippen LogP contribution in [0.25, 0.3) is 11.3 Å². The van der Waals surface area contributed by atoms with E-state index in [9.17, 15) is 9.18 Å². The van der Waals surface area contributed by atoms with Gasteiger partial charge >= 0.3 is 0 Å². The lowest BCUT2D eigenvalue weighted by atomic mass is 10.0. The topological polar surface area (TPSA) is 70.4 Å². The predicted molar refractivity (Wildman–Crippen MR) is 146 cm³/mol. The molecule has 3 heterocycles. The third-order valence-electron chi connectivity index (χ3n) is 6.03. The van der Waals surface area contributed by atoms with Crippen molar-refractivity contribution in [2.75, 3.05) is 11.9 Å². The maximum atomic E-state index is 13.2. The molecular weight excluding hydrogens is 534 g/mol. The fourth-order valence-corrected chi connectivity index (χ4v) is 4.88. The van der Waals surface area contributed by atoms with Gasteiger partial charge in [-0.15, -0.1) is 0 Å². The lowest BCUT2D eigenvalue weighted by Gasteiger charge is -2.25. The SMILES string of the molecule is O=C(CCN1C(=S)N[C@H](c2ccccn2)[C@@H]1c1ccc(-c2ccc(Cl)c(Cl)c2)o1)Nc1ccc(F)cc1. The molecule has 6 nitrogen and oxygen atoms in total. The Morgan fingerprint density at radius 2 is 1.89 bits per heavy atom. The number of rotatable bonds is 7. The normalized spacial score (nSPS) is 17.1. The number of nitrogens with one attached hydrogen (secondary N) is 2. The quantitative estimate of drug-likeness (QED) is 0.245. The zero-order valence-corrected chi connectivity index (χ0v) is 21.7. The number of anilines is 1. The summed E-state index contributed by atoms with van der Waals surface area (Å²) in [6, 6.07) is 19.7. The van der Waals surface area contributed by atoms with Crippen molar-refractivity contribution in [3.05, 3.63) is 106 Å². The monoisotopic (exact) mass is 554 g/mol. The first-order chi connectivity index (χ1) is 17.9. The minimum Gasteiger partial charge on any atom is -0.459 e. The van der Waals surface area contributed by atoms with Crippen LogP contribution in [0, 0.1) is 5.82 Å². The van der Waals surface area contributed by atoms with E-state index in [4.69, 9.17) is 39.8 Å². The van der Waals surface area contributed by atoms with Crippen molar-refractivity contribution in [3.63, 3.8) is 0 Å². The summed E-state index contributed by atoms with van der Waals surface area (Å²) < 4.78 is 19.5. The molecule has 1 amide bonds. The Hall–Kier alpha value is -3.46. The van der Waals surface area contributed by atoms with Gasteiger partial charge in [-0.05, 0) is 78.9 Å². The van der Waals surface area contributed by atoms with Crippen molar-refractivity contribution in [2.24, 2.45) is 0 Å². The maximum Gasteiger partial charge on any atom is 0.226 e. The van der Waals surface area contributed by atoms with Crippen LogP contribution in [0.2, 0.25) is 10.0 Å². The molecule has 0 radical (unpaired) electrons. The summed E-state index contributed by atoms with van der Waals surface area (Å²) in [5, 5.41) is 7.50. The highest BCUT2D eigenvalue weighted by Gasteiger charge is 2.41. The summed E-state index contributed by atoms with van der Waals surface area (Å²) >= 11 is 17.9. The van der Waals surface area contributed by atoms with Crippen LogP contribution in [0.15, 0.2) is 83.4 Å². The lowest BCUT2D eigenvalue weighted by Crippen LogP contribution is -2.32. The molecule has 2 atom stereocenters. The van der Waals surface area contributed by atoms with E-state index in [0.29, 0.717) is 38.9 Å². The number of pyridine rings is 1. The summed E-state index contributed by atoms with van der Waals surface area (Å²) in [5.41, 5.74) is 2.10. The predicted octanol–water partition coefficient (Wildman–Crippen LogP) is 6.79. The number of nitrogens with zero attached hydrogens (tertiary/aromatic N) is 2. The van der Waals surface area contributed by atoms with E-state index in [1.54, 1.807) is 18.3 Å². The van der Waals surface area contributed by atoms with Gasteiger partial charge in [0.2, 0.25) is 5.91 Å². The van der Waals surface area contributed by atoms with E-state index in [-0.39, 0.29) is 30.2 Å². The zero-order chi connectivity index (χ0) is 25.9. The van der Waals surface area contributed by atoms with Crippen molar-refractivity contribution >= 4 is 52.1 Å². The van der Waals surface area contributed by atoms with E-state index >= 15 is 0 Å². The molecule has 0 spiro atoms. The molecule has 2 N–H and O–H groups in total. The number of amides is 1. The van der Waals surface area contributed by atoms with Gasteiger partial charge in [0.1, 0.15) is 23.4 Å². The molecule has 0 unspecified atom stereocenters. The van der Waals surface area contributed by atoms with E-state index in [1.807, 2.05) is 41.3 Å². The minimum absolute atomic E-state index is 0.158. The third-order valence-corrected chi connectivity index (χ3v) is 7.12. The van der Waals surface area contributed by atoms with Gasteiger partial charge in [0, 0.05) is 30.4 Å². The minimum atomic E-state index is -0.367. The van der Waals surface area contributed by atoms with E-state index < -0.39 is 0 Å². The standard InChI is InChI=1S/C27H21Cl2FN4O2S/c28-19-9-4-16(15-20(19)29)22-10-11-23(36-22)26-25(21-3-1-2-13-31-21)33-27(37)34(26)14-12-24(35)32-18-7-5-17(30)6-8-18/h1-11,13,15,25-26H,12,14H2,(H,32,35)(H,33,37)/t25-,26+/m1/s1. The first-order valence-corrected chi connectivity index (χ1v) is 12.6. The van der Waals surface area contributed by atoms with Crippen LogP contribution in [0.3, 0.4) is 0 Å². The highest BCUT2D eigenvalue weighted by Crippen LogP contribution is 2.41. The Kier molecular flexibility index (Phi) is 7.41. The lowest BCUT2D eigenvalue weighted by molar-refractivity contribution is -0.116. The first kappa shape index (κ1) is 25.2. The average molecular weight is 555 g/mol. The third kappa shape index (κ3) is 5.61. The molecule has 1 saturated heterocycles. The van der Waals surface area contributed by atoms with Gasteiger partial charge < -0.3 is 20.0 Å². The van der Waals surface area contributed by atoms with E-state index in [0.717, 1.165) is 11.3 Å². The van der Waals surface area contributed by atoms with Crippen LogP contribution >= 0.6 is 35.4 Å². The van der Waals surface area contributed by atoms with Crippen molar-refractivity contribution in [1.29, 1.82) is 0 Å². The zero-order valence-electron chi connectivity index (χ0n) is 19.3. The van der Waals surface area contributed by atoms with Crippen molar-refractivity contribution in [2.45, 2.75) is 18.5 Å².